The molecule has 6 nitrogen and oxygen atoms in total. The number of aromatic nitrogens is 3. The fourth-order valence-electron chi connectivity index (χ4n) is 1.78. The van der Waals surface area contributed by atoms with Crippen molar-refractivity contribution in [3.63, 3.8) is 0 Å². The molecule has 1 N–H and O–H groups in total. The molecule has 0 saturated heterocycles. The molecule has 1 aromatic rings. The fourth-order valence-corrected chi connectivity index (χ4v) is 1.78. The summed E-state index contributed by atoms with van der Waals surface area (Å²) in [6.45, 7) is 5.37. The van der Waals surface area contributed by atoms with Crippen LogP contribution < -0.4 is 5.32 Å². The molecule has 0 aliphatic carbocycles. The van der Waals surface area contributed by atoms with Gasteiger partial charge in [0.25, 0.3) is 0 Å². The Hall–Kier alpha value is -1.98. The first-order valence-electron chi connectivity index (χ1n) is 7.53. The Bertz CT molecular complexity index is 480. The van der Waals surface area contributed by atoms with Gasteiger partial charge in [-0.3, -0.25) is 14.3 Å². The zero-order chi connectivity index (χ0) is 15.5. The van der Waals surface area contributed by atoms with Gasteiger partial charge in [0, 0.05) is 31.8 Å². The molecule has 21 heavy (non-hydrogen) atoms. The van der Waals surface area contributed by atoms with Crippen molar-refractivity contribution < 1.29 is 9.59 Å². The molecule has 0 bridgehead atoms. The Morgan fingerprint density at radius 3 is 2.81 bits per heavy atom. The van der Waals surface area contributed by atoms with E-state index < -0.39 is 0 Å². The van der Waals surface area contributed by atoms with Gasteiger partial charge in [-0.2, -0.15) is 0 Å². The molecule has 0 aliphatic heterocycles. The van der Waals surface area contributed by atoms with E-state index in [1.807, 2.05) is 10.9 Å². The standard InChI is InChI=1S/C15H24N4O2/c1-3-11-19-12-13(17-18-19)7-5-6-10-16-15(21)9-8-14(20)4-2/h8-9,12H,3-7,10-11H2,1-2H3,(H,16,21)/b9-8+. The number of unbranched alkanes of at least 4 members (excludes halogenated alkanes) is 1. The van der Waals surface area contributed by atoms with Crippen molar-refractivity contribution in [1.82, 2.24) is 20.3 Å². The first-order chi connectivity index (χ1) is 10.2. The Labute approximate surface area is 125 Å². The zero-order valence-corrected chi connectivity index (χ0v) is 12.8. The van der Waals surface area contributed by atoms with Crippen molar-refractivity contribution in [2.24, 2.45) is 0 Å². The quantitative estimate of drug-likeness (QED) is 0.525. The van der Waals surface area contributed by atoms with Gasteiger partial charge < -0.3 is 5.32 Å². The van der Waals surface area contributed by atoms with E-state index in [1.165, 1.54) is 12.2 Å². The number of aryl methyl sites for hydroxylation is 2. The first kappa shape index (κ1) is 17.1. The number of carbonyl (C=O) groups excluding carboxylic acids is 2. The number of hydrogen-bond donors (Lipinski definition) is 1. The van der Waals surface area contributed by atoms with Crippen LogP contribution in [0.15, 0.2) is 18.3 Å². The molecule has 116 valence electrons. The van der Waals surface area contributed by atoms with Crippen molar-refractivity contribution in [1.29, 1.82) is 0 Å². The minimum atomic E-state index is -0.217. The maximum atomic E-state index is 11.4. The van der Waals surface area contributed by atoms with Crippen LogP contribution in [0.3, 0.4) is 0 Å². The van der Waals surface area contributed by atoms with Gasteiger partial charge in [-0.1, -0.05) is 19.1 Å². The van der Waals surface area contributed by atoms with Crippen LogP contribution in [-0.2, 0) is 22.6 Å². The summed E-state index contributed by atoms with van der Waals surface area (Å²) in [6, 6.07) is 0. The topological polar surface area (TPSA) is 76.9 Å². The number of allylic oxidation sites excluding steroid dienone is 1. The van der Waals surface area contributed by atoms with Gasteiger partial charge in [-0.25, -0.2) is 0 Å². The first-order valence-corrected chi connectivity index (χ1v) is 7.53. The van der Waals surface area contributed by atoms with Crippen LogP contribution in [0, 0.1) is 0 Å². The largest absolute Gasteiger partial charge is 0.353 e. The third kappa shape index (κ3) is 7.39. The molecule has 0 aromatic carbocycles. The number of rotatable bonds is 10. The summed E-state index contributed by atoms with van der Waals surface area (Å²) in [5.74, 6) is -0.258. The monoisotopic (exact) mass is 292 g/mol. The lowest BCUT2D eigenvalue weighted by Crippen LogP contribution is -2.22. The van der Waals surface area contributed by atoms with E-state index in [1.54, 1.807) is 6.92 Å². The minimum absolute atomic E-state index is 0.0414. The van der Waals surface area contributed by atoms with Gasteiger partial charge in [0.15, 0.2) is 5.78 Å². The minimum Gasteiger partial charge on any atom is -0.353 e. The molecule has 1 aromatic heterocycles. The highest BCUT2D eigenvalue weighted by Crippen LogP contribution is 2.01. The van der Waals surface area contributed by atoms with Gasteiger partial charge in [-0.05, 0) is 31.8 Å². The maximum absolute atomic E-state index is 11.4. The Morgan fingerprint density at radius 2 is 2.10 bits per heavy atom. The highest BCUT2D eigenvalue weighted by Gasteiger charge is 2.01. The molecule has 0 unspecified atom stereocenters. The highest BCUT2D eigenvalue weighted by atomic mass is 16.1. The van der Waals surface area contributed by atoms with E-state index in [0.29, 0.717) is 13.0 Å². The lowest BCUT2D eigenvalue weighted by atomic mass is 10.2. The van der Waals surface area contributed by atoms with Crippen LogP contribution in [0.5, 0.6) is 0 Å². The van der Waals surface area contributed by atoms with Crippen LogP contribution in [-0.4, -0.2) is 33.2 Å². The molecule has 0 atom stereocenters. The lowest BCUT2D eigenvalue weighted by molar-refractivity contribution is -0.117. The summed E-state index contributed by atoms with van der Waals surface area (Å²) in [5, 5.41) is 10.9. The van der Waals surface area contributed by atoms with E-state index in [4.69, 9.17) is 0 Å². The molecule has 0 saturated carbocycles. The second-order valence-corrected chi connectivity index (χ2v) is 4.87. The van der Waals surface area contributed by atoms with E-state index >= 15 is 0 Å². The highest BCUT2D eigenvalue weighted by molar-refractivity contribution is 5.97. The average Bonchev–Trinajstić information content (AvgIpc) is 2.92. The Kier molecular flexibility index (Phi) is 8.01. The SMILES string of the molecule is CCCn1cc(CCCCNC(=O)/C=C/C(=O)CC)nn1. The summed E-state index contributed by atoms with van der Waals surface area (Å²) in [7, 11) is 0. The van der Waals surface area contributed by atoms with Gasteiger partial charge in [0.1, 0.15) is 0 Å². The molecule has 1 rings (SSSR count). The molecule has 6 heteroatoms. The van der Waals surface area contributed by atoms with Crippen molar-refractivity contribution >= 4 is 11.7 Å². The number of nitrogens with one attached hydrogen (secondary N) is 1. The third-order valence-electron chi connectivity index (χ3n) is 2.97. The van der Waals surface area contributed by atoms with Crippen LogP contribution in [0.25, 0.3) is 0 Å². The zero-order valence-electron chi connectivity index (χ0n) is 12.8. The molecule has 0 aliphatic rings. The Balaban J connectivity index is 2.12. The predicted octanol–water partition coefficient (Wildman–Crippen LogP) is 1.66. The summed E-state index contributed by atoms with van der Waals surface area (Å²) in [5.41, 5.74) is 0.989. The summed E-state index contributed by atoms with van der Waals surface area (Å²) >= 11 is 0. The second-order valence-electron chi connectivity index (χ2n) is 4.87. The van der Waals surface area contributed by atoms with Crippen LogP contribution in [0.2, 0.25) is 0 Å². The fraction of sp³-hybridized carbons (Fsp3) is 0.600. The van der Waals surface area contributed by atoms with Crippen molar-refractivity contribution in [2.75, 3.05) is 6.54 Å². The number of amides is 1. The molecule has 1 amide bonds. The summed E-state index contributed by atoms with van der Waals surface area (Å²) < 4.78 is 1.85. The van der Waals surface area contributed by atoms with E-state index in [-0.39, 0.29) is 11.7 Å². The maximum Gasteiger partial charge on any atom is 0.244 e. The second kappa shape index (κ2) is 9.85. The van der Waals surface area contributed by atoms with Crippen LogP contribution >= 0.6 is 0 Å². The van der Waals surface area contributed by atoms with E-state index in [0.717, 1.165) is 37.9 Å². The number of ketones is 1. The number of nitrogens with zero attached hydrogens (tertiary/aromatic N) is 3. The molecule has 0 fully saturated rings. The summed E-state index contributed by atoms with van der Waals surface area (Å²) in [4.78, 5) is 22.4. The lowest BCUT2D eigenvalue weighted by Gasteiger charge is -2.01. The molecule has 0 spiro atoms. The molecule has 1 heterocycles. The van der Waals surface area contributed by atoms with E-state index in [9.17, 15) is 9.59 Å². The molecular formula is C15H24N4O2. The average molecular weight is 292 g/mol. The number of carbonyl (C=O) groups is 2. The van der Waals surface area contributed by atoms with Gasteiger partial charge in [0.2, 0.25) is 5.91 Å². The van der Waals surface area contributed by atoms with E-state index in [2.05, 4.69) is 22.6 Å². The van der Waals surface area contributed by atoms with Gasteiger partial charge >= 0.3 is 0 Å². The molecular weight excluding hydrogens is 268 g/mol. The van der Waals surface area contributed by atoms with Crippen molar-refractivity contribution in [2.45, 2.75) is 52.5 Å². The van der Waals surface area contributed by atoms with Crippen molar-refractivity contribution in [3.8, 4) is 0 Å². The molecule has 0 radical (unpaired) electrons. The smallest absolute Gasteiger partial charge is 0.244 e. The van der Waals surface area contributed by atoms with Gasteiger partial charge in [-0.15, -0.1) is 5.10 Å². The van der Waals surface area contributed by atoms with Crippen LogP contribution in [0.4, 0.5) is 0 Å². The van der Waals surface area contributed by atoms with Crippen molar-refractivity contribution in [3.05, 3.63) is 24.0 Å². The number of hydrogen-bond acceptors (Lipinski definition) is 4. The Morgan fingerprint density at radius 1 is 1.29 bits per heavy atom. The van der Waals surface area contributed by atoms with Gasteiger partial charge in [0.05, 0.1) is 5.69 Å². The summed E-state index contributed by atoms with van der Waals surface area (Å²) in [6.07, 6.45) is 8.74. The third-order valence-corrected chi connectivity index (χ3v) is 2.97. The normalized spacial score (nSPS) is 11.0. The van der Waals surface area contributed by atoms with Crippen LogP contribution in [0.1, 0.15) is 45.2 Å². The predicted molar refractivity (Wildman–Crippen MR) is 80.7 cm³/mol.